The van der Waals surface area contributed by atoms with Crippen LogP contribution in [0.15, 0.2) is 18.3 Å². The third kappa shape index (κ3) is 3.37. The minimum Gasteiger partial charge on any atom is -0.464 e. The van der Waals surface area contributed by atoms with Gasteiger partial charge in [-0.15, -0.1) is 0 Å². The largest absolute Gasteiger partial charge is 0.464 e. The summed E-state index contributed by atoms with van der Waals surface area (Å²) in [5.74, 6) is 1.07. The number of hydrogen-bond donors (Lipinski definition) is 1. The summed E-state index contributed by atoms with van der Waals surface area (Å²) in [6.07, 6.45) is 1.75. The quantitative estimate of drug-likeness (QED) is 0.886. The van der Waals surface area contributed by atoms with Gasteiger partial charge in [0.1, 0.15) is 0 Å². The molecule has 0 aliphatic rings. The Morgan fingerprint density at radius 2 is 2.00 bits per heavy atom. The lowest BCUT2D eigenvalue weighted by molar-refractivity contribution is 0.312. The van der Waals surface area contributed by atoms with E-state index >= 15 is 0 Å². The van der Waals surface area contributed by atoms with Crippen molar-refractivity contribution in [2.75, 3.05) is 18.5 Å². The van der Waals surface area contributed by atoms with Crippen LogP contribution in [0.25, 0.3) is 11.4 Å². The second-order valence-electron chi connectivity index (χ2n) is 3.92. The zero-order valence-corrected chi connectivity index (χ0v) is 11.3. The fourth-order valence-corrected chi connectivity index (χ4v) is 1.52. The highest BCUT2D eigenvalue weighted by Crippen LogP contribution is 2.18. The van der Waals surface area contributed by atoms with Gasteiger partial charge in [-0.1, -0.05) is 0 Å². The van der Waals surface area contributed by atoms with Gasteiger partial charge in [0.2, 0.25) is 5.95 Å². The third-order valence-electron chi connectivity index (χ3n) is 2.39. The highest BCUT2D eigenvalue weighted by atomic mass is 16.5. The van der Waals surface area contributed by atoms with Crippen molar-refractivity contribution in [3.8, 4) is 17.4 Å². The normalized spacial score (nSPS) is 10.3. The van der Waals surface area contributed by atoms with Crippen LogP contribution in [0.2, 0.25) is 0 Å². The van der Waals surface area contributed by atoms with Gasteiger partial charge in [-0.3, -0.25) is 4.98 Å². The Bertz CT molecular complexity index is 517. The van der Waals surface area contributed by atoms with Gasteiger partial charge < -0.3 is 10.1 Å². The van der Waals surface area contributed by atoms with Crippen LogP contribution in [0.3, 0.4) is 0 Å². The van der Waals surface area contributed by atoms with E-state index < -0.39 is 0 Å². The molecule has 2 rings (SSSR count). The van der Waals surface area contributed by atoms with Gasteiger partial charge in [-0.25, -0.2) is 0 Å². The summed E-state index contributed by atoms with van der Waals surface area (Å²) in [6, 6.07) is 4.18. The second kappa shape index (κ2) is 6.08. The van der Waals surface area contributed by atoms with Crippen molar-refractivity contribution in [1.82, 2.24) is 19.9 Å². The summed E-state index contributed by atoms with van der Waals surface area (Å²) in [4.78, 5) is 17.1. The molecular weight excluding hydrogens is 242 g/mol. The average molecular weight is 259 g/mol. The molecule has 0 unspecified atom stereocenters. The average Bonchev–Trinajstić information content (AvgIpc) is 2.40. The van der Waals surface area contributed by atoms with E-state index in [4.69, 9.17) is 4.74 Å². The van der Waals surface area contributed by atoms with Gasteiger partial charge in [0.25, 0.3) is 0 Å². The minimum absolute atomic E-state index is 0.323. The highest BCUT2D eigenvalue weighted by Gasteiger charge is 2.09. The van der Waals surface area contributed by atoms with Gasteiger partial charge in [0.15, 0.2) is 5.82 Å². The molecule has 0 bridgehead atoms. The van der Waals surface area contributed by atoms with Crippen molar-refractivity contribution in [2.45, 2.75) is 20.8 Å². The number of aromatic nitrogens is 4. The summed E-state index contributed by atoms with van der Waals surface area (Å²) in [6.45, 7) is 7.07. The van der Waals surface area contributed by atoms with Crippen LogP contribution in [-0.4, -0.2) is 33.1 Å². The van der Waals surface area contributed by atoms with E-state index in [1.54, 1.807) is 6.20 Å². The topological polar surface area (TPSA) is 72.8 Å². The van der Waals surface area contributed by atoms with E-state index in [0.29, 0.717) is 24.4 Å². The number of aryl methyl sites for hydroxylation is 1. The first-order chi connectivity index (χ1) is 9.22. The molecule has 0 aliphatic heterocycles. The molecule has 2 heterocycles. The number of nitrogens with one attached hydrogen (secondary N) is 1. The van der Waals surface area contributed by atoms with Gasteiger partial charge >= 0.3 is 6.01 Å². The maximum absolute atomic E-state index is 5.36. The predicted octanol–water partition coefficient (Wildman–Crippen LogP) is 2.07. The van der Waals surface area contributed by atoms with Crippen LogP contribution < -0.4 is 10.1 Å². The molecule has 0 fully saturated rings. The van der Waals surface area contributed by atoms with E-state index in [1.807, 2.05) is 32.9 Å². The van der Waals surface area contributed by atoms with Gasteiger partial charge in [-0.2, -0.15) is 15.0 Å². The Balaban J connectivity index is 2.40. The SMILES string of the molecule is CCNc1nc(OCC)nc(-c2ccc(C)nc2)n1. The monoisotopic (exact) mass is 259 g/mol. The van der Waals surface area contributed by atoms with Crippen LogP contribution in [-0.2, 0) is 0 Å². The fourth-order valence-electron chi connectivity index (χ4n) is 1.52. The maximum Gasteiger partial charge on any atom is 0.321 e. The summed E-state index contributed by atoms with van der Waals surface area (Å²) in [5, 5.41) is 3.07. The third-order valence-corrected chi connectivity index (χ3v) is 2.39. The van der Waals surface area contributed by atoms with Crippen molar-refractivity contribution in [3.63, 3.8) is 0 Å². The number of hydrogen-bond acceptors (Lipinski definition) is 6. The minimum atomic E-state index is 0.323. The summed E-state index contributed by atoms with van der Waals surface area (Å²) < 4.78 is 5.36. The predicted molar refractivity (Wildman–Crippen MR) is 73.1 cm³/mol. The Labute approximate surface area is 112 Å². The standard InChI is InChI=1S/C13H17N5O/c1-4-14-12-16-11(17-13(18-12)19-5-2)10-7-6-9(3)15-8-10/h6-8H,4-5H2,1-3H3,(H,14,16,17,18). The molecule has 0 saturated carbocycles. The van der Waals surface area contributed by atoms with E-state index in [0.717, 1.165) is 17.8 Å². The molecule has 0 atom stereocenters. The van der Waals surface area contributed by atoms with Crippen LogP contribution >= 0.6 is 0 Å². The van der Waals surface area contributed by atoms with Crippen LogP contribution in [0.4, 0.5) is 5.95 Å². The number of pyridine rings is 1. The molecule has 0 amide bonds. The molecule has 0 saturated heterocycles. The first kappa shape index (κ1) is 13.2. The van der Waals surface area contributed by atoms with E-state index in [2.05, 4.69) is 25.3 Å². The molecule has 6 nitrogen and oxygen atoms in total. The van der Waals surface area contributed by atoms with Crippen LogP contribution in [0, 0.1) is 6.92 Å². The van der Waals surface area contributed by atoms with Gasteiger partial charge in [0, 0.05) is 24.0 Å². The molecule has 0 aliphatic carbocycles. The molecule has 2 aromatic heterocycles. The summed E-state index contributed by atoms with van der Waals surface area (Å²) in [7, 11) is 0. The molecular formula is C13H17N5O. The molecule has 19 heavy (non-hydrogen) atoms. The number of rotatable bonds is 5. The Morgan fingerprint density at radius 1 is 1.16 bits per heavy atom. The highest BCUT2D eigenvalue weighted by molar-refractivity contribution is 5.55. The molecule has 0 aromatic carbocycles. The van der Waals surface area contributed by atoms with Gasteiger partial charge in [0.05, 0.1) is 6.61 Å². The second-order valence-corrected chi connectivity index (χ2v) is 3.92. The van der Waals surface area contributed by atoms with Crippen molar-refractivity contribution >= 4 is 5.95 Å². The van der Waals surface area contributed by atoms with Crippen molar-refractivity contribution < 1.29 is 4.74 Å². The van der Waals surface area contributed by atoms with Gasteiger partial charge in [-0.05, 0) is 32.9 Å². The number of ether oxygens (including phenoxy) is 1. The molecule has 0 spiro atoms. The van der Waals surface area contributed by atoms with Crippen molar-refractivity contribution in [3.05, 3.63) is 24.0 Å². The van der Waals surface area contributed by atoms with Crippen LogP contribution in [0.5, 0.6) is 6.01 Å². The number of nitrogens with zero attached hydrogens (tertiary/aromatic N) is 4. The van der Waals surface area contributed by atoms with E-state index in [1.165, 1.54) is 0 Å². The fraction of sp³-hybridized carbons (Fsp3) is 0.385. The molecule has 2 aromatic rings. The van der Waals surface area contributed by atoms with E-state index in [-0.39, 0.29) is 0 Å². The number of anilines is 1. The zero-order valence-electron chi connectivity index (χ0n) is 11.3. The Morgan fingerprint density at radius 3 is 2.63 bits per heavy atom. The lowest BCUT2D eigenvalue weighted by Crippen LogP contribution is -2.07. The van der Waals surface area contributed by atoms with E-state index in [9.17, 15) is 0 Å². The molecule has 100 valence electrons. The van der Waals surface area contributed by atoms with Crippen molar-refractivity contribution in [1.29, 1.82) is 0 Å². The first-order valence-corrected chi connectivity index (χ1v) is 6.28. The Kier molecular flexibility index (Phi) is 4.22. The maximum atomic E-state index is 5.36. The zero-order chi connectivity index (χ0) is 13.7. The first-order valence-electron chi connectivity index (χ1n) is 6.28. The Hall–Kier alpha value is -2.24. The van der Waals surface area contributed by atoms with Crippen LogP contribution in [0.1, 0.15) is 19.5 Å². The lowest BCUT2D eigenvalue weighted by Gasteiger charge is -2.07. The summed E-state index contributed by atoms with van der Waals surface area (Å²) >= 11 is 0. The molecule has 0 radical (unpaired) electrons. The summed E-state index contributed by atoms with van der Waals surface area (Å²) in [5.41, 5.74) is 1.79. The molecule has 1 N–H and O–H groups in total. The molecule has 6 heteroatoms. The lowest BCUT2D eigenvalue weighted by atomic mass is 10.2. The van der Waals surface area contributed by atoms with Crippen molar-refractivity contribution in [2.24, 2.45) is 0 Å². The smallest absolute Gasteiger partial charge is 0.321 e.